The van der Waals surface area contributed by atoms with Crippen LogP contribution in [0.4, 0.5) is 0 Å². The maximum atomic E-state index is 10.8. The summed E-state index contributed by atoms with van der Waals surface area (Å²) in [7, 11) is 1.49. The molecule has 0 aliphatic rings. The Kier molecular flexibility index (Phi) is 2.41. The number of aromatic hydroxyl groups is 1. The summed E-state index contributed by atoms with van der Waals surface area (Å²) in [4.78, 5) is 10.8. The molecule has 0 aromatic heterocycles. The SMILES string of the molecule is COc1ccc(C(N)=O)c(O)c1C. The van der Waals surface area contributed by atoms with Gasteiger partial charge in [0.2, 0.25) is 0 Å². The second kappa shape index (κ2) is 3.35. The van der Waals surface area contributed by atoms with Crippen LogP contribution < -0.4 is 10.5 Å². The minimum absolute atomic E-state index is 0.110. The zero-order valence-corrected chi connectivity index (χ0v) is 7.50. The van der Waals surface area contributed by atoms with Crippen molar-refractivity contribution in [3.05, 3.63) is 23.3 Å². The predicted molar refractivity (Wildman–Crippen MR) is 47.9 cm³/mol. The Morgan fingerprint density at radius 2 is 2.15 bits per heavy atom. The number of primary amides is 1. The smallest absolute Gasteiger partial charge is 0.252 e. The molecular weight excluding hydrogens is 170 g/mol. The Morgan fingerprint density at radius 1 is 1.54 bits per heavy atom. The van der Waals surface area contributed by atoms with Crippen molar-refractivity contribution in [3.8, 4) is 11.5 Å². The Hall–Kier alpha value is -1.71. The van der Waals surface area contributed by atoms with Crippen LogP contribution in [-0.2, 0) is 0 Å². The van der Waals surface area contributed by atoms with Crippen LogP contribution in [0.15, 0.2) is 12.1 Å². The van der Waals surface area contributed by atoms with E-state index in [0.29, 0.717) is 11.3 Å². The fraction of sp³-hybridized carbons (Fsp3) is 0.222. The highest BCUT2D eigenvalue weighted by molar-refractivity contribution is 5.96. The van der Waals surface area contributed by atoms with Crippen molar-refractivity contribution < 1.29 is 14.6 Å². The highest BCUT2D eigenvalue weighted by atomic mass is 16.5. The molecule has 70 valence electrons. The van der Waals surface area contributed by atoms with Crippen molar-refractivity contribution in [2.75, 3.05) is 7.11 Å². The van der Waals surface area contributed by atoms with Gasteiger partial charge in [-0.05, 0) is 19.1 Å². The molecule has 0 unspecified atom stereocenters. The summed E-state index contributed by atoms with van der Waals surface area (Å²) < 4.78 is 4.95. The Labute approximate surface area is 75.9 Å². The molecule has 1 aromatic rings. The third-order valence-electron chi connectivity index (χ3n) is 1.87. The Bertz CT molecular complexity index is 347. The van der Waals surface area contributed by atoms with Gasteiger partial charge >= 0.3 is 0 Å². The maximum absolute atomic E-state index is 10.8. The van der Waals surface area contributed by atoms with Gasteiger partial charge in [0.05, 0.1) is 12.7 Å². The highest BCUT2D eigenvalue weighted by Crippen LogP contribution is 2.29. The molecule has 0 fully saturated rings. The molecule has 0 aliphatic carbocycles. The molecule has 0 radical (unpaired) electrons. The molecule has 0 saturated carbocycles. The number of carbonyl (C=O) groups is 1. The molecule has 1 rings (SSSR count). The molecule has 0 aliphatic heterocycles. The number of ether oxygens (including phenoxy) is 1. The molecule has 3 N–H and O–H groups in total. The monoisotopic (exact) mass is 181 g/mol. The van der Waals surface area contributed by atoms with Gasteiger partial charge < -0.3 is 15.6 Å². The van der Waals surface area contributed by atoms with Gasteiger partial charge in [-0.15, -0.1) is 0 Å². The number of amides is 1. The summed E-state index contributed by atoms with van der Waals surface area (Å²) in [6.45, 7) is 1.65. The minimum atomic E-state index is -0.650. The molecule has 4 nitrogen and oxygen atoms in total. The van der Waals surface area contributed by atoms with Crippen LogP contribution in [0, 0.1) is 6.92 Å². The second-order valence-electron chi connectivity index (χ2n) is 2.65. The molecule has 1 amide bonds. The normalized spacial score (nSPS) is 9.69. The summed E-state index contributed by atoms with van der Waals surface area (Å²) in [5.74, 6) is -0.238. The van der Waals surface area contributed by atoms with Crippen molar-refractivity contribution in [1.29, 1.82) is 0 Å². The van der Waals surface area contributed by atoms with Crippen molar-refractivity contribution in [3.63, 3.8) is 0 Å². The number of nitrogens with two attached hydrogens (primary N) is 1. The standard InChI is InChI=1S/C9H11NO3/c1-5-7(13-2)4-3-6(8(5)11)9(10)12/h3-4,11H,1-2H3,(H2,10,12). The van der Waals surface area contributed by atoms with E-state index in [2.05, 4.69) is 0 Å². The van der Waals surface area contributed by atoms with Gasteiger partial charge in [-0.3, -0.25) is 4.79 Å². The average Bonchev–Trinajstić information content (AvgIpc) is 2.09. The maximum Gasteiger partial charge on any atom is 0.252 e. The van der Waals surface area contributed by atoms with E-state index in [1.54, 1.807) is 13.0 Å². The average molecular weight is 181 g/mol. The topological polar surface area (TPSA) is 72.5 Å². The van der Waals surface area contributed by atoms with Crippen LogP contribution in [0.25, 0.3) is 0 Å². The minimum Gasteiger partial charge on any atom is -0.507 e. The van der Waals surface area contributed by atoms with E-state index in [1.165, 1.54) is 13.2 Å². The van der Waals surface area contributed by atoms with Crippen LogP contribution in [0.1, 0.15) is 15.9 Å². The summed E-state index contributed by atoms with van der Waals surface area (Å²) in [5, 5.41) is 9.50. The summed E-state index contributed by atoms with van der Waals surface area (Å²) in [5.41, 5.74) is 5.66. The molecule has 0 atom stereocenters. The molecule has 0 spiro atoms. The van der Waals surface area contributed by atoms with Crippen molar-refractivity contribution >= 4 is 5.91 Å². The molecule has 0 saturated heterocycles. The van der Waals surface area contributed by atoms with Crippen LogP contribution in [0.2, 0.25) is 0 Å². The number of rotatable bonds is 2. The van der Waals surface area contributed by atoms with Gasteiger partial charge in [0.1, 0.15) is 11.5 Å². The van der Waals surface area contributed by atoms with E-state index in [0.717, 1.165) is 0 Å². The quantitative estimate of drug-likeness (QED) is 0.709. The van der Waals surface area contributed by atoms with Gasteiger partial charge in [-0.2, -0.15) is 0 Å². The predicted octanol–water partition coefficient (Wildman–Crippen LogP) is 0.808. The fourth-order valence-corrected chi connectivity index (χ4v) is 1.10. The van der Waals surface area contributed by atoms with E-state index < -0.39 is 5.91 Å². The van der Waals surface area contributed by atoms with Gasteiger partial charge in [-0.1, -0.05) is 0 Å². The van der Waals surface area contributed by atoms with Gasteiger partial charge in [-0.25, -0.2) is 0 Å². The van der Waals surface area contributed by atoms with E-state index in [4.69, 9.17) is 10.5 Å². The first-order valence-corrected chi connectivity index (χ1v) is 3.74. The Morgan fingerprint density at radius 3 is 2.62 bits per heavy atom. The van der Waals surface area contributed by atoms with Crippen molar-refractivity contribution in [1.82, 2.24) is 0 Å². The number of methoxy groups -OCH3 is 1. The van der Waals surface area contributed by atoms with Crippen LogP contribution in [-0.4, -0.2) is 18.1 Å². The fourth-order valence-electron chi connectivity index (χ4n) is 1.10. The highest BCUT2D eigenvalue weighted by Gasteiger charge is 2.12. The Balaban J connectivity index is 3.31. The summed E-state index contributed by atoms with van der Waals surface area (Å²) >= 11 is 0. The second-order valence-corrected chi connectivity index (χ2v) is 2.65. The lowest BCUT2D eigenvalue weighted by molar-refractivity contribution is 0.0997. The lowest BCUT2D eigenvalue weighted by Gasteiger charge is -2.08. The lowest BCUT2D eigenvalue weighted by Crippen LogP contribution is -2.11. The third-order valence-corrected chi connectivity index (χ3v) is 1.87. The number of carbonyl (C=O) groups excluding carboxylic acids is 1. The van der Waals surface area contributed by atoms with Crippen LogP contribution >= 0.6 is 0 Å². The number of hydrogen-bond acceptors (Lipinski definition) is 3. The van der Waals surface area contributed by atoms with Gasteiger partial charge in [0.25, 0.3) is 5.91 Å². The van der Waals surface area contributed by atoms with Gasteiger partial charge in [0.15, 0.2) is 0 Å². The summed E-state index contributed by atoms with van der Waals surface area (Å²) in [6, 6.07) is 3.03. The molecule has 13 heavy (non-hydrogen) atoms. The van der Waals surface area contributed by atoms with E-state index >= 15 is 0 Å². The first-order valence-electron chi connectivity index (χ1n) is 3.74. The molecule has 0 heterocycles. The summed E-state index contributed by atoms with van der Waals surface area (Å²) in [6.07, 6.45) is 0. The molecular formula is C9H11NO3. The third kappa shape index (κ3) is 1.56. The van der Waals surface area contributed by atoms with Gasteiger partial charge in [0, 0.05) is 5.56 Å². The number of hydrogen-bond donors (Lipinski definition) is 2. The number of phenols is 1. The van der Waals surface area contributed by atoms with E-state index in [1.807, 2.05) is 0 Å². The first kappa shape index (κ1) is 9.38. The molecule has 1 aromatic carbocycles. The first-order chi connectivity index (χ1) is 6.07. The van der Waals surface area contributed by atoms with E-state index in [9.17, 15) is 9.90 Å². The zero-order valence-electron chi connectivity index (χ0n) is 7.50. The lowest BCUT2D eigenvalue weighted by atomic mass is 10.1. The van der Waals surface area contributed by atoms with Crippen LogP contribution in [0.3, 0.4) is 0 Å². The molecule has 0 bridgehead atoms. The van der Waals surface area contributed by atoms with Crippen LogP contribution in [0.5, 0.6) is 11.5 Å². The number of benzene rings is 1. The van der Waals surface area contributed by atoms with E-state index in [-0.39, 0.29) is 11.3 Å². The van der Waals surface area contributed by atoms with Crippen molar-refractivity contribution in [2.24, 2.45) is 5.73 Å². The zero-order chi connectivity index (χ0) is 10.0. The van der Waals surface area contributed by atoms with Crippen molar-refractivity contribution in [2.45, 2.75) is 6.92 Å². The largest absolute Gasteiger partial charge is 0.507 e. The molecule has 4 heteroatoms.